The number of aromatic nitrogens is 1. The number of carbonyl (C=O) groups is 1. The van der Waals surface area contributed by atoms with E-state index in [0.717, 1.165) is 59.4 Å². The second-order valence-corrected chi connectivity index (χ2v) is 13.4. The maximum absolute atomic E-state index is 11.7. The number of aliphatic hydroxyl groups excluding tert-OH is 1. The summed E-state index contributed by atoms with van der Waals surface area (Å²) < 4.78 is 6.33. The molecule has 4 nitrogen and oxygen atoms in total. The molecule has 0 amide bonds. The predicted octanol–water partition coefficient (Wildman–Crippen LogP) is 11.7. The molecule has 5 heteroatoms. The molecule has 0 saturated heterocycles. The molecule has 1 N–H and O–H groups in total. The molecule has 1 aliphatic rings. The van der Waals surface area contributed by atoms with Crippen molar-refractivity contribution in [3.63, 3.8) is 0 Å². The Kier molecular flexibility index (Phi) is 11.7. The van der Waals surface area contributed by atoms with E-state index in [2.05, 4.69) is 88.4 Å². The number of benzene rings is 3. The van der Waals surface area contributed by atoms with Gasteiger partial charge in [0.05, 0.1) is 11.3 Å². The quantitative estimate of drug-likeness (QED) is 0.0915. The first-order valence-corrected chi connectivity index (χ1v) is 17.0. The summed E-state index contributed by atoms with van der Waals surface area (Å²) in [6.45, 7) is 17.1. The van der Waals surface area contributed by atoms with E-state index in [1.165, 1.54) is 33.5 Å². The molecule has 6 rings (SSSR count). The Morgan fingerprint density at radius 3 is 2.26 bits per heavy atom. The molecule has 1 aliphatic carbocycles. The van der Waals surface area contributed by atoms with Gasteiger partial charge in [0.15, 0.2) is 5.78 Å². The van der Waals surface area contributed by atoms with Crippen LogP contribution in [0.2, 0.25) is 0 Å². The fraction of sp³-hybridized carbons (Fsp3) is 0.381. The fourth-order valence-corrected chi connectivity index (χ4v) is 6.94. The topological polar surface area (TPSA) is 63.3 Å². The van der Waals surface area contributed by atoms with Crippen molar-refractivity contribution in [3.8, 4) is 22.6 Å². The van der Waals surface area contributed by atoms with Crippen LogP contribution in [-0.4, -0.2) is 15.9 Å². The largest absolute Gasteiger partial charge is 0.512 e. The number of para-hydroxylation sites is 1. The third kappa shape index (κ3) is 7.03. The van der Waals surface area contributed by atoms with Crippen molar-refractivity contribution in [1.29, 1.82) is 0 Å². The van der Waals surface area contributed by atoms with Crippen molar-refractivity contribution in [2.45, 2.75) is 92.4 Å². The summed E-state index contributed by atoms with van der Waals surface area (Å²) in [6, 6.07) is 26.9. The Hall–Kier alpha value is -3.53. The van der Waals surface area contributed by atoms with Gasteiger partial charge in [0.25, 0.3) is 0 Å². The van der Waals surface area contributed by atoms with Crippen molar-refractivity contribution in [3.05, 3.63) is 101 Å². The van der Waals surface area contributed by atoms with Crippen molar-refractivity contribution >= 4 is 27.7 Å². The molecular weight excluding hydrogens is 759 g/mol. The molecule has 0 fully saturated rings. The van der Waals surface area contributed by atoms with Crippen LogP contribution in [0, 0.1) is 17.9 Å². The van der Waals surface area contributed by atoms with E-state index < -0.39 is 0 Å². The van der Waals surface area contributed by atoms with Gasteiger partial charge in [-0.3, -0.25) is 9.78 Å². The molecule has 47 heavy (non-hydrogen) atoms. The van der Waals surface area contributed by atoms with Gasteiger partial charge in [0.1, 0.15) is 11.3 Å². The summed E-state index contributed by atoms with van der Waals surface area (Å²) in [7, 11) is 0. The van der Waals surface area contributed by atoms with Gasteiger partial charge >= 0.3 is 0 Å². The van der Waals surface area contributed by atoms with E-state index in [-0.39, 0.29) is 48.9 Å². The zero-order chi connectivity index (χ0) is 33.2. The number of hydrogen-bond donors (Lipinski definition) is 1. The number of pyridine rings is 1. The van der Waals surface area contributed by atoms with Crippen molar-refractivity contribution in [1.82, 2.24) is 4.98 Å². The molecule has 1 radical (unpaired) electrons. The van der Waals surface area contributed by atoms with Gasteiger partial charge in [-0.1, -0.05) is 97.4 Å². The van der Waals surface area contributed by atoms with Gasteiger partial charge in [-0.05, 0) is 71.9 Å². The van der Waals surface area contributed by atoms with Gasteiger partial charge in [0.2, 0.25) is 0 Å². The van der Waals surface area contributed by atoms with E-state index in [1.807, 2.05) is 39.8 Å². The smallest absolute Gasteiger partial charge is 0.162 e. The molecule has 5 aromatic rings. The molecule has 2 heterocycles. The summed E-state index contributed by atoms with van der Waals surface area (Å²) in [5.74, 6) is 2.04. The minimum absolute atomic E-state index is 0. The molecule has 0 saturated carbocycles. The van der Waals surface area contributed by atoms with Crippen molar-refractivity contribution < 1.29 is 34.4 Å². The Bertz CT molecular complexity index is 1890. The number of nitrogens with zero attached hydrogens (tertiary/aromatic N) is 1. The van der Waals surface area contributed by atoms with Crippen LogP contribution < -0.4 is 0 Å². The molecule has 0 bridgehead atoms. The van der Waals surface area contributed by atoms with Gasteiger partial charge in [-0.2, -0.15) is 0 Å². The number of aliphatic hydroxyl groups is 1. The van der Waals surface area contributed by atoms with Crippen molar-refractivity contribution in [2.75, 3.05) is 0 Å². The second-order valence-electron chi connectivity index (χ2n) is 13.4. The Morgan fingerprint density at radius 1 is 0.915 bits per heavy atom. The molecule has 0 aliphatic heterocycles. The predicted molar refractivity (Wildman–Crippen MR) is 191 cm³/mol. The standard InChI is InChI=1S/C29H24NO.C13H24O2.Ir/c1-17(2)18-12-14-23-19(16-18)13-15-24(30-23)20-9-7-10-22-26(20)29(3,4)27-21-8-5-6-11-25(21)31-28(22)27;1-5-10(6-2)12(14)9-13(15)11(7-3)8-4;/h5-8,10-17H,1-4H3;9-11,14H,5-8H2,1-4H3;/q-1;;/b;12-9-;. The number of ketones is 1. The SMILES string of the molecule is CC(C)c1ccc2nc(-c3[c-]ccc4c3C(C)(C)c3c-4oc4ccccc34)ccc2c1.CCC(CC)C(=O)/C=C(\O)C(CC)CC.[Ir]. The second kappa shape index (κ2) is 15.1. The average Bonchev–Trinajstić information content (AvgIpc) is 3.55. The van der Waals surface area contributed by atoms with Gasteiger partial charge in [-0.15, -0.1) is 29.3 Å². The third-order valence-corrected chi connectivity index (χ3v) is 9.81. The van der Waals surface area contributed by atoms with Gasteiger partial charge in [-0.25, -0.2) is 0 Å². The van der Waals surface area contributed by atoms with Crippen LogP contribution in [0.4, 0.5) is 0 Å². The maximum atomic E-state index is 11.7. The monoisotopic (exact) mass is 807 g/mol. The number of hydrogen-bond acceptors (Lipinski definition) is 4. The molecule has 2 aromatic heterocycles. The summed E-state index contributed by atoms with van der Waals surface area (Å²) in [4.78, 5) is 16.8. The van der Waals surface area contributed by atoms with Crippen LogP contribution in [-0.2, 0) is 30.3 Å². The Morgan fingerprint density at radius 2 is 1.60 bits per heavy atom. The number of rotatable bonds is 9. The van der Waals surface area contributed by atoms with Crippen molar-refractivity contribution in [2.24, 2.45) is 11.8 Å². The molecule has 3 aromatic carbocycles. The summed E-state index contributed by atoms with van der Waals surface area (Å²) in [6.07, 6.45) is 4.91. The van der Waals surface area contributed by atoms with Crippen LogP contribution >= 0.6 is 0 Å². The summed E-state index contributed by atoms with van der Waals surface area (Å²) in [5.41, 5.74) is 8.81. The third-order valence-electron chi connectivity index (χ3n) is 9.81. The van der Waals surface area contributed by atoms with E-state index in [4.69, 9.17) is 9.40 Å². The Labute approximate surface area is 294 Å². The normalized spacial score (nSPS) is 13.5. The van der Waals surface area contributed by atoms with Crippen LogP contribution in [0.1, 0.15) is 104 Å². The average molecular weight is 807 g/mol. The molecule has 0 unspecified atom stereocenters. The molecule has 0 spiro atoms. The number of carbonyl (C=O) groups excluding carboxylic acids is 1. The zero-order valence-corrected chi connectivity index (χ0v) is 31.4. The molecule has 249 valence electrons. The molecule has 0 atom stereocenters. The van der Waals surface area contributed by atoms with E-state index in [9.17, 15) is 9.90 Å². The number of allylic oxidation sites excluding steroid dienone is 2. The maximum Gasteiger partial charge on any atom is 0.162 e. The first-order chi connectivity index (χ1) is 22.0. The minimum Gasteiger partial charge on any atom is -0.512 e. The van der Waals surface area contributed by atoms with Gasteiger partial charge < -0.3 is 9.52 Å². The van der Waals surface area contributed by atoms with Crippen LogP contribution in [0.25, 0.3) is 44.5 Å². The first kappa shape index (κ1) is 36.3. The van der Waals surface area contributed by atoms with Crippen LogP contribution in [0.15, 0.2) is 83.0 Å². The summed E-state index contributed by atoms with van der Waals surface area (Å²) >= 11 is 0. The summed E-state index contributed by atoms with van der Waals surface area (Å²) in [5, 5.41) is 12.1. The van der Waals surface area contributed by atoms with Crippen LogP contribution in [0.5, 0.6) is 0 Å². The number of furan rings is 1. The Balaban J connectivity index is 0.000000269. The van der Waals surface area contributed by atoms with Gasteiger partial charge in [0, 0.05) is 49.0 Å². The van der Waals surface area contributed by atoms with Crippen LogP contribution in [0.3, 0.4) is 0 Å². The fourth-order valence-electron chi connectivity index (χ4n) is 6.94. The zero-order valence-electron chi connectivity index (χ0n) is 29.0. The van der Waals surface area contributed by atoms with E-state index in [1.54, 1.807) is 0 Å². The van der Waals surface area contributed by atoms with E-state index >= 15 is 0 Å². The molecular formula is C42H48IrNO3-. The van der Waals surface area contributed by atoms with E-state index in [0.29, 0.717) is 5.92 Å². The minimum atomic E-state index is -0.192. The number of fused-ring (bicyclic) bond motifs is 6. The first-order valence-electron chi connectivity index (χ1n) is 17.0.